The highest BCUT2D eigenvalue weighted by Gasteiger charge is 2.39. The first kappa shape index (κ1) is 32.3. The van der Waals surface area contributed by atoms with Gasteiger partial charge in [-0.25, -0.2) is 15.0 Å². The van der Waals surface area contributed by atoms with Crippen LogP contribution >= 0.6 is 0 Å². The smallest absolute Gasteiger partial charge is 0.208 e. The van der Waals surface area contributed by atoms with Gasteiger partial charge in [0.2, 0.25) is 5.69 Å². The summed E-state index contributed by atoms with van der Waals surface area (Å²) >= 11 is 0. The average molecular weight is 705 g/mol. The van der Waals surface area contributed by atoms with Gasteiger partial charge < -0.3 is 0 Å². The molecule has 258 valence electrons. The molecule has 1 aromatic heterocycles. The van der Waals surface area contributed by atoms with Crippen LogP contribution in [0.1, 0.15) is 17.2 Å². The molecule has 1 unspecified atom stereocenters. The molecule has 2 heterocycles. The molecule has 0 bridgehead atoms. The van der Waals surface area contributed by atoms with Gasteiger partial charge in [0.05, 0.1) is 10.9 Å². The summed E-state index contributed by atoms with van der Waals surface area (Å²) in [7, 11) is 0. The molecule has 0 amide bonds. The lowest BCUT2D eigenvalue weighted by Gasteiger charge is -2.14. The fourth-order valence-electron chi connectivity index (χ4n) is 7.57. The van der Waals surface area contributed by atoms with E-state index in [-0.39, 0.29) is 6.04 Å². The monoisotopic (exact) mass is 704 g/mol. The van der Waals surface area contributed by atoms with Crippen molar-refractivity contribution in [3.05, 3.63) is 211 Å². The van der Waals surface area contributed by atoms with E-state index < -0.39 is 0 Å². The zero-order chi connectivity index (χ0) is 36.6. The first-order valence-corrected chi connectivity index (χ1v) is 18.5. The van der Waals surface area contributed by atoms with Gasteiger partial charge in [-0.3, -0.25) is 0 Å². The van der Waals surface area contributed by atoms with Crippen LogP contribution in [-0.2, 0) is 0 Å². The van der Waals surface area contributed by atoms with Crippen molar-refractivity contribution in [3.8, 4) is 56.4 Å². The molecule has 0 spiro atoms. The van der Waals surface area contributed by atoms with Crippen molar-refractivity contribution in [1.29, 1.82) is 0 Å². The Hall–Kier alpha value is -7.37. The van der Waals surface area contributed by atoms with E-state index in [1.54, 1.807) is 0 Å². The molecule has 1 aliphatic heterocycles. The molecular weight excluding hydrogens is 671 g/mol. The zero-order valence-electron chi connectivity index (χ0n) is 29.9. The minimum atomic E-state index is -0.179. The van der Waals surface area contributed by atoms with Crippen LogP contribution < -0.4 is 4.70 Å². The van der Waals surface area contributed by atoms with E-state index >= 15 is 0 Å². The van der Waals surface area contributed by atoms with Crippen molar-refractivity contribution < 1.29 is 0 Å². The highest BCUT2D eigenvalue weighted by molar-refractivity contribution is 6.01. The third-order valence-corrected chi connectivity index (χ3v) is 10.2. The van der Waals surface area contributed by atoms with Crippen LogP contribution in [0.2, 0.25) is 0 Å². The van der Waals surface area contributed by atoms with Gasteiger partial charge in [0.1, 0.15) is 0 Å². The summed E-state index contributed by atoms with van der Waals surface area (Å²) in [4.78, 5) is 15.1. The molecule has 5 nitrogen and oxygen atoms in total. The molecular formula is C50H34N5+. The summed E-state index contributed by atoms with van der Waals surface area (Å²) in [6.07, 6.45) is 0. The van der Waals surface area contributed by atoms with Crippen LogP contribution in [0.5, 0.6) is 0 Å². The normalized spacial score (nSPS) is 13.4. The fraction of sp³-hybridized carbons (Fsp3) is 0.0200. The minimum Gasteiger partial charge on any atom is -0.208 e. The molecule has 1 aliphatic rings. The standard InChI is InChI=1S/C50H34N5/c1-5-16-34(17-6-1)39-23-15-24-41(32-39)50-52-48(37-20-9-3-10-21-37)51-49(53-50)38-30-28-35(29-31-38)44-33-40-22-13-14-27-43(40)47-45(44)46(36-18-7-2-8-19-36)54-55(47)42-25-11-4-12-26-42/h1-33,46H/q+1. The molecule has 8 aromatic carbocycles. The highest BCUT2D eigenvalue weighted by Crippen LogP contribution is 2.50. The van der Waals surface area contributed by atoms with Crippen molar-refractivity contribution in [1.82, 2.24) is 19.6 Å². The van der Waals surface area contributed by atoms with Gasteiger partial charge in [-0.05, 0) is 61.2 Å². The number of aromatic nitrogens is 3. The van der Waals surface area contributed by atoms with Gasteiger partial charge in [-0.15, -0.1) is 0 Å². The Labute approximate surface area is 319 Å². The summed E-state index contributed by atoms with van der Waals surface area (Å²) in [6.45, 7) is 0. The Morgan fingerprint density at radius 3 is 1.58 bits per heavy atom. The molecule has 0 fully saturated rings. The van der Waals surface area contributed by atoms with Crippen LogP contribution in [0.3, 0.4) is 0 Å². The average Bonchev–Trinajstić information content (AvgIpc) is 3.69. The van der Waals surface area contributed by atoms with E-state index in [2.05, 4.69) is 162 Å². The Kier molecular flexibility index (Phi) is 8.15. The molecule has 10 rings (SSSR count). The number of fused-ring (bicyclic) bond motifs is 3. The van der Waals surface area contributed by atoms with Gasteiger partial charge in [-0.2, -0.15) is 0 Å². The van der Waals surface area contributed by atoms with Gasteiger partial charge in [0.15, 0.2) is 23.5 Å². The molecule has 1 atom stereocenters. The van der Waals surface area contributed by atoms with Crippen LogP contribution in [0, 0.1) is 0 Å². The molecule has 0 saturated heterocycles. The third-order valence-electron chi connectivity index (χ3n) is 10.2. The second kappa shape index (κ2) is 13.9. The van der Waals surface area contributed by atoms with E-state index in [1.807, 2.05) is 42.5 Å². The largest absolute Gasteiger partial charge is 0.252 e. The summed E-state index contributed by atoms with van der Waals surface area (Å²) in [5.74, 6) is 1.89. The fourth-order valence-corrected chi connectivity index (χ4v) is 7.57. The minimum absolute atomic E-state index is 0.179. The van der Waals surface area contributed by atoms with Crippen molar-refractivity contribution >= 4 is 22.1 Å². The summed E-state index contributed by atoms with van der Waals surface area (Å²) in [6, 6.07) is 69.3. The van der Waals surface area contributed by atoms with Gasteiger partial charge >= 0.3 is 0 Å². The van der Waals surface area contributed by atoms with E-state index in [9.17, 15) is 0 Å². The van der Waals surface area contributed by atoms with E-state index in [1.165, 1.54) is 10.9 Å². The maximum absolute atomic E-state index is 5.41. The molecule has 9 aromatic rings. The second-order valence-electron chi connectivity index (χ2n) is 13.7. The first-order chi connectivity index (χ1) is 27.3. The van der Waals surface area contributed by atoms with Crippen LogP contribution in [0.25, 0.3) is 67.2 Å². The first-order valence-electron chi connectivity index (χ1n) is 18.5. The van der Waals surface area contributed by atoms with Crippen LogP contribution in [0.15, 0.2) is 205 Å². The maximum Gasteiger partial charge on any atom is 0.252 e. The van der Waals surface area contributed by atoms with Crippen molar-refractivity contribution in [2.24, 2.45) is 5.11 Å². The molecule has 5 heteroatoms. The number of hydrogen-bond donors (Lipinski definition) is 0. The molecule has 0 aliphatic carbocycles. The molecule has 0 N–H and O–H groups in total. The number of rotatable bonds is 7. The van der Waals surface area contributed by atoms with Crippen LogP contribution in [0.4, 0.5) is 11.4 Å². The predicted molar refractivity (Wildman–Crippen MR) is 223 cm³/mol. The Balaban J connectivity index is 1.11. The third kappa shape index (κ3) is 6.08. The number of azo groups is 2. The highest BCUT2D eigenvalue weighted by atomic mass is 15.3. The second-order valence-corrected chi connectivity index (χ2v) is 13.7. The quantitative estimate of drug-likeness (QED) is 0.155. The maximum atomic E-state index is 5.41. The SMILES string of the molecule is c1ccc(-c2cccc(-c3nc(-c4ccccc4)nc(-c4ccc(-c5cc6ccccc6c6c5C(c5ccccc5)N=[N+]6c5ccccc5)cc4)n3)c2)cc1. The summed E-state index contributed by atoms with van der Waals surface area (Å²) in [5.41, 5.74) is 11.8. The van der Waals surface area contributed by atoms with Crippen molar-refractivity contribution in [2.75, 3.05) is 0 Å². The molecule has 0 saturated carbocycles. The lowest BCUT2D eigenvalue weighted by atomic mass is 9.87. The number of para-hydroxylation sites is 1. The lowest BCUT2D eigenvalue weighted by molar-refractivity contribution is 0.776. The summed E-state index contributed by atoms with van der Waals surface area (Å²) in [5, 5.41) is 7.74. The summed E-state index contributed by atoms with van der Waals surface area (Å²) < 4.78 is 2.14. The van der Waals surface area contributed by atoms with Crippen molar-refractivity contribution in [3.63, 3.8) is 0 Å². The number of nitrogens with zero attached hydrogens (tertiary/aromatic N) is 5. The van der Waals surface area contributed by atoms with E-state index in [0.29, 0.717) is 17.5 Å². The zero-order valence-corrected chi connectivity index (χ0v) is 29.9. The predicted octanol–water partition coefficient (Wildman–Crippen LogP) is 12.7. The van der Waals surface area contributed by atoms with E-state index in [0.717, 1.165) is 61.3 Å². The number of hydrogen-bond acceptors (Lipinski definition) is 4. The van der Waals surface area contributed by atoms with Gasteiger partial charge in [-0.1, -0.05) is 170 Å². The topological polar surface area (TPSA) is 54.0 Å². The lowest BCUT2D eigenvalue weighted by Crippen LogP contribution is -2.01. The molecule has 0 radical (unpaired) electrons. The Morgan fingerprint density at radius 2 is 0.891 bits per heavy atom. The van der Waals surface area contributed by atoms with Gasteiger partial charge in [0, 0.05) is 28.8 Å². The van der Waals surface area contributed by atoms with Gasteiger partial charge in [0.25, 0.3) is 5.69 Å². The Bertz CT molecular complexity index is 2840. The van der Waals surface area contributed by atoms with Crippen LogP contribution in [-0.4, -0.2) is 15.0 Å². The Morgan fingerprint density at radius 1 is 0.382 bits per heavy atom. The van der Waals surface area contributed by atoms with E-state index in [4.69, 9.17) is 20.1 Å². The molecule has 55 heavy (non-hydrogen) atoms. The van der Waals surface area contributed by atoms with Crippen molar-refractivity contribution in [2.45, 2.75) is 6.04 Å². The number of benzene rings is 8.